The summed E-state index contributed by atoms with van der Waals surface area (Å²) in [7, 11) is 0. The molecule has 0 saturated heterocycles. The average molecular weight is 278 g/mol. The number of benzene rings is 2. The predicted molar refractivity (Wildman–Crippen MR) is 84.6 cm³/mol. The Morgan fingerprint density at radius 2 is 1.67 bits per heavy atom. The Balaban J connectivity index is 1.99. The smallest absolute Gasteiger partial charge is 0.263 e. The van der Waals surface area contributed by atoms with Gasteiger partial charge in [-0.3, -0.25) is 9.36 Å². The van der Waals surface area contributed by atoms with Gasteiger partial charge >= 0.3 is 0 Å². The van der Waals surface area contributed by atoms with Crippen molar-refractivity contribution in [2.45, 2.75) is 26.2 Å². The van der Waals surface area contributed by atoms with Crippen molar-refractivity contribution in [1.82, 2.24) is 9.55 Å². The Morgan fingerprint density at radius 1 is 1.00 bits per heavy atom. The fraction of sp³-hybridized carbons (Fsp3) is 0.222. The fourth-order valence-corrected chi connectivity index (χ4v) is 2.37. The zero-order chi connectivity index (χ0) is 15.0. The van der Waals surface area contributed by atoms with E-state index in [2.05, 4.69) is 25.8 Å². The lowest BCUT2D eigenvalue weighted by atomic mass is 9.87. The number of carbonyl (C=O) groups is 1. The molecule has 0 saturated carbocycles. The molecular formula is C18H18N2O. The largest absolute Gasteiger partial charge is 0.268 e. The highest BCUT2D eigenvalue weighted by molar-refractivity contribution is 6.01. The minimum absolute atomic E-state index is 0.0517. The van der Waals surface area contributed by atoms with Crippen molar-refractivity contribution in [2.75, 3.05) is 0 Å². The molecule has 0 aliphatic carbocycles. The molecule has 0 bridgehead atoms. The van der Waals surface area contributed by atoms with Crippen molar-refractivity contribution in [3.8, 4) is 0 Å². The summed E-state index contributed by atoms with van der Waals surface area (Å²) in [6, 6.07) is 15.5. The number of aromatic nitrogens is 2. The number of carbonyl (C=O) groups excluding carboxylic acids is 1. The highest BCUT2D eigenvalue weighted by Crippen LogP contribution is 2.23. The Bertz CT molecular complexity index is 792. The van der Waals surface area contributed by atoms with E-state index in [-0.39, 0.29) is 11.3 Å². The molecule has 0 fully saturated rings. The summed E-state index contributed by atoms with van der Waals surface area (Å²) in [6.45, 7) is 6.48. The van der Waals surface area contributed by atoms with Gasteiger partial charge in [0, 0.05) is 5.56 Å². The second kappa shape index (κ2) is 4.85. The second-order valence-electron chi connectivity index (χ2n) is 6.24. The number of rotatable bonds is 1. The van der Waals surface area contributed by atoms with Crippen LogP contribution >= 0.6 is 0 Å². The van der Waals surface area contributed by atoms with Gasteiger partial charge in [-0.25, -0.2) is 4.98 Å². The van der Waals surface area contributed by atoms with Crippen LogP contribution in [-0.4, -0.2) is 15.5 Å². The molecule has 2 aromatic carbocycles. The van der Waals surface area contributed by atoms with Gasteiger partial charge in [0.25, 0.3) is 5.91 Å². The van der Waals surface area contributed by atoms with E-state index in [1.54, 1.807) is 10.9 Å². The van der Waals surface area contributed by atoms with Crippen molar-refractivity contribution >= 4 is 16.9 Å². The molecule has 0 aliphatic heterocycles. The van der Waals surface area contributed by atoms with Gasteiger partial charge in [-0.1, -0.05) is 45.0 Å². The lowest BCUT2D eigenvalue weighted by Gasteiger charge is -2.19. The van der Waals surface area contributed by atoms with Gasteiger partial charge in [-0.05, 0) is 35.2 Å². The van der Waals surface area contributed by atoms with Crippen molar-refractivity contribution in [1.29, 1.82) is 0 Å². The molecule has 0 N–H and O–H groups in total. The number of nitrogens with zero attached hydrogens (tertiary/aromatic N) is 2. The first kappa shape index (κ1) is 13.6. The van der Waals surface area contributed by atoms with Crippen LogP contribution < -0.4 is 0 Å². The first-order valence-corrected chi connectivity index (χ1v) is 7.04. The number of hydrogen-bond donors (Lipinski definition) is 0. The lowest BCUT2D eigenvalue weighted by Crippen LogP contribution is -2.13. The summed E-state index contributed by atoms with van der Waals surface area (Å²) < 4.78 is 1.60. The Labute approximate surface area is 124 Å². The van der Waals surface area contributed by atoms with Crippen LogP contribution in [-0.2, 0) is 5.41 Å². The van der Waals surface area contributed by atoms with Crippen LogP contribution in [0.2, 0.25) is 0 Å². The summed E-state index contributed by atoms with van der Waals surface area (Å²) in [5, 5.41) is 0. The molecule has 3 nitrogen and oxygen atoms in total. The first-order chi connectivity index (χ1) is 9.97. The van der Waals surface area contributed by atoms with E-state index < -0.39 is 0 Å². The zero-order valence-electron chi connectivity index (χ0n) is 12.5. The highest BCUT2D eigenvalue weighted by atomic mass is 16.2. The Kier molecular flexibility index (Phi) is 3.13. The van der Waals surface area contributed by atoms with Crippen LogP contribution in [0.1, 0.15) is 36.7 Å². The zero-order valence-corrected chi connectivity index (χ0v) is 12.5. The van der Waals surface area contributed by atoms with Crippen molar-refractivity contribution in [2.24, 2.45) is 0 Å². The summed E-state index contributed by atoms with van der Waals surface area (Å²) in [4.78, 5) is 16.9. The molecule has 3 heteroatoms. The molecule has 0 atom stereocenters. The van der Waals surface area contributed by atoms with Gasteiger partial charge in [-0.2, -0.15) is 0 Å². The molecule has 0 aliphatic rings. The molecule has 3 aromatic rings. The molecule has 1 aromatic heterocycles. The van der Waals surface area contributed by atoms with Gasteiger partial charge < -0.3 is 0 Å². The quantitative estimate of drug-likeness (QED) is 0.673. The third kappa shape index (κ3) is 2.47. The van der Waals surface area contributed by atoms with E-state index in [1.807, 2.05) is 48.5 Å². The minimum atomic E-state index is -0.0517. The molecule has 3 rings (SSSR count). The maximum absolute atomic E-state index is 12.6. The number of para-hydroxylation sites is 2. The fourth-order valence-electron chi connectivity index (χ4n) is 2.37. The van der Waals surface area contributed by atoms with Crippen LogP contribution in [0, 0.1) is 0 Å². The molecule has 0 spiro atoms. The predicted octanol–water partition coefficient (Wildman–Crippen LogP) is 4.02. The van der Waals surface area contributed by atoms with Crippen LogP contribution in [0.5, 0.6) is 0 Å². The first-order valence-electron chi connectivity index (χ1n) is 7.04. The van der Waals surface area contributed by atoms with Crippen LogP contribution in [0.25, 0.3) is 11.0 Å². The van der Waals surface area contributed by atoms with E-state index in [0.29, 0.717) is 5.56 Å². The van der Waals surface area contributed by atoms with Gasteiger partial charge in [0.2, 0.25) is 0 Å². The third-order valence-corrected chi connectivity index (χ3v) is 3.67. The molecular weight excluding hydrogens is 260 g/mol. The van der Waals surface area contributed by atoms with Crippen LogP contribution in [0.3, 0.4) is 0 Å². The van der Waals surface area contributed by atoms with E-state index >= 15 is 0 Å². The van der Waals surface area contributed by atoms with Crippen molar-refractivity contribution < 1.29 is 4.79 Å². The summed E-state index contributed by atoms with van der Waals surface area (Å²) in [5.41, 5.74) is 3.64. The number of imidazole rings is 1. The van der Waals surface area contributed by atoms with Gasteiger partial charge in [0.05, 0.1) is 11.0 Å². The van der Waals surface area contributed by atoms with Gasteiger partial charge in [0.15, 0.2) is 0 Å². The Morgan fingerprint density at radius 3 is 2.33 bits per heavy atom. The maximum Gasteiger partial charge on any atom is 0.263 e. The number of fused-ring (bicyclic) bond motifs is 1. The topological polar surface area (TPSA) is 34.9 Å². The molecule has 106 valence electrons. The molecule has 0 unspecified atom stereocenters. The SMILES string of the molecule is CC(C)(C)c1ccc(C(=O)n2cnc3ccccc32)cc1. The monoisotopic (exact) mass is 278 g/mol. The van der Waals surface area contributed by atoms with E-state index in [4.69, 9.17) is 0 Å². The maximum atomic E-state index is 12.6. The van der Waals surface area contributed by atoms with Crippen LogP contribution in [0.15, 0.2) is 54.9 Å². The second-order valence-corrected chi connectivity index (χ2v) is 6.24. The van der Waals surface area contributed by atoms with E-state index in [0.717, 1.165) is 11.0 Å². The van der Waals surface area contributed by atoms with Crippen LogP contribution in [0.4, 0.5) is 0 Å². The molecule has 21 heavy (non-hydrogen) atoms. The summed E-state index contributed by atoms with van der Waals surface area (Å²) in [5.74, 6) is -0.0517. The standard InChI is InChI=1S/C18H18N2O/c1-18(2,3)14-10-8-13(9-11-14)17(21)20-12-19-15-6-4-5-7-16(15)20/h4-12H,1-3H3. The normalized spacial score (nSPS) is 11.8. The minimum Gasteiger partial charge on any atom is -0.268 e. The van der Waals surface area contributed by atoms with Crippen molar-refractivity contribution in [3.05, 3.63) is 66.0 Å². The third-order valence-electron chi connectivity index (χ3n) is 3.67. The number of hydrogen-bond acceptors (Lipinski definition) is 2. The molecule has 0 radical (unpaired) electrons. The molecule has 0 amide bonds. The summed E-state index contributed by atoms with van der Waals surface area (Å²) in [6.07, 6.45) is 1.59. The Hall–Kier alpha value is -2.42. The van der Waals surface area contributed by atoms with Gasteiger partial charge in [0.1, 0.15) is 6.33 Å². The summed E-state index contributed by atoms with van der Waals surface area (Å²) >= 11 is 0. The molecule has 1 heterocycles. The van der Waals surface area contributed by atoms with Gasteiger partial charge in [-0.15, -0.1) is 0 Å². The van der Waals surface area contributed by atoms with E-state index in [9.17, 15) is 4.79 Å². The highest BCUT2D eigenvalue weighted by Gasteiger charge is 2.16. The van der Waals surface area contributed by atoms with E-state index in [1.165, 1.54) is 5.56 Å². The average Bonchev–Trinajstić information content (AvgIpc) is 2.90. The van der Waals surface area contributed by atoms with Crippen molar-refractivity contribution in [3.63, 3.8) is 0 Å². The lowest BCUT2D eigenvalue weighted by molar-refractivity contribution is 0.0964.